The van der Waals surface area contributed by atoms with Gasteiger partial charge in [0.05, 0.1) is 0 Å². The summed E-state index contributed by atoms with van der Waals surface area (Å²) < 4.78 is 6.53. The summed E-state index contributed by atoms with van der Waals surface area (Å²) in [4.78, 5) is 8.00. The van der Waals surface area contributed by atoms with E-state index in [2.05, 4.69) is 23.8 Å². The van der Waals surface area contributed by atoms with Crippen molar-refractivity contribution in [2.45, 2.75) is 58.0 Å². The van der Waals surface area contributed by atoms with Crippen molar-refractivity contribution in [2.75, 3.05) is 7.11 Å². The molecule has 1 aromatic heterocycles. The van der Waals surface area contributed by atoms with E-state index in [1.807, 2.05) is 6.07 Å². The summed E-state index contributed by atoms with van der Waals surface area (Å²) in [6.45, 7) is 4.48. The summed E-state index contributed by atoms with van der Waals surface area (Å²) in [5.41, 5.74) is 0.914. The second-order valence-corrected chi connectivity index (χ2v) is 6.14. The van der Waals surface area contributed by atoms with Crippen molar-refractivity contribution < 1.29 is 4.74 Å². The fraction of sp³-hybridized carbons (Fsp3) is 0.733. The molecule has 1 saturated carbocycles. The van der Waals surface area contributed by atoms with E-state index in [0.717, 1.165) is 37.4 Å². The molecule has 1 aliphatic carbocycles. The monoisotopic (exact) mass is 280 g/mol. The largest absolute Gasteiger partial charge is 0.370 e. The molecule has 4 heteroatoms. The first-order chi connectivity index (χ1) is 9.09. The Hall–Kier alpha value is -0.740. The lowest BCUT2D eigenvalue weighted by Gasteiger charge is -2.37. The summed E-state index contributed by atoms with van der Waals surface area (Å²) in [7, 11) is 1.79. The van der Waals surface area contributed by atoms with Gasteiger partial charge in [0.2, 0.25) is 0 Å². The van der Waals surface area contributed by atoms with Gasteiger partial charge in [-0.2, -0.15) is 0 Å². The minimum absolute atomic E-state index is 0.260. The first-order valence-electron chi connectivity index (χ1n) is 7.25. The zero-order valence-electron chi connectivity index (χ0n) is 12.2. The Bertz CT molecular complexity index is 475. The molecule has 1 aromatic rings. The van der Waals surface area contributed by atoms with Gasteiger partial charge in [0.25, 0.3) is 0 Å². The molecule has 1 fully saturated rings. The molecule has 0 amide bonds. The smallest absolute Gasteiger partial charge is 0.140 e. The molecular formula is C15H24N2OS. The third kappa shape index (κ3) is 3.23. The first-order valence-corrected chi connectivity index (χ1v) is 7.66. The van der Waals surface area contributed by atoms with E-state index in [-0.39, 0.29) is 5.60 Å². The van der Waals surface area contributed by atoms with Crippen LogP contribution in [-0.2, 0) is 16.8 Å². The molecule has 1 aliphatic rings. The van der Waals surface area contributed by atoms with Crippen molar-refractivity contribution in [1.82, 2.24) is 9.97 Å². The Morgan fingerprint density at radius 1 is 1.47 bits per heavy atom. The molecule has 0 unspecified atom stereocenters. The maximum absolute atomic E-state index is 5.86. The molecular weight excluding hydrogens is 256 g/mol. The second-order valence-electron chi connectivity index (χ2n) is 5.72. The van der Waals surface area contributed by atoms with Gasteiger partial charge in [-0.25, -0.2) is 4.98 Å². The highest BCUT2D eigenvalue weighted by molar-refractivity contribution is 7.71. The number of aromatic nitrogens is 2. The maximum Gasteiger partial charge on any atom is 0.140 e. The number of ether oxygens (including phenoxy) is 1. The molecule has 0 spiro atoms. The summed E-state index contributed by atoms with van der Waals surface area (Å²) in [5.74, 6) is 1.71. The van der Waals surface area contributed by atoms with Crippen LogP contribution in [0.4, 0.5) is 0 Å². The lowest BCUT2D eigenvalue weighted by Crippen LogP contribution is -2.35. The van der Waals surface area contributed by atoms with Gasteiger partial charge in [-0.05, 0) is 44.1 Å². The number of aromatic amines is 1. The summed E-state index contributed by atoms with van der Waals surface area (Å²) >= 11 is 5.30. The SMILES string of the molecule is CCCc1cc(=S)nc(C2(OC)CCC(C)CC2)[nH]1. The standard InChI is InChI=1S/C15H24N2OS/c1-4-5-12-10-13(19)17-14(16-12)15(18-3)8-6-11(2)7-9-15/h10-11H,4-9H2,1-3H3,(H,16,17,19). The quantitative estimate of drug-likeness (QED) is 0.842. The molecule has 0 bridgehead atoms. The molecule has 3 nitrogen and oxygen atoms in total. The molecule has 0 aliphatic heterocycles. The Morgan fingerprint density at radius 3 is 2.74 bits per heavy atom. The van der Waals surface area contributed by atoms with Gasteiger partial charge in [0.15, 0.2) is 0 Å². The van der Waals surface area contributed by atoms with Crippen molar-refractivity contribution in [3.8, 4) is 0 Å². The lowest BCUT2D eigenvalue weighted by molar-refractivity contribution is -0.0599. The van der Waals surface area contributed by atoms with E-state index in [1.165, 1.54) is 18.5 Å². The van der Waals surface area contributed by atoms with E-state index >= 15 is 0 Å². The summed E-state index contributed by atoms with van der Waals surface area (Å²) in [6, 6.07) is 1.97. The van der Waals surface area contributed by atoms with Gasteiger partial charge in [-0.3, -0.25) is 0 Å². The predicted octanol–water partition coefficient (Wildman–Crippen LogP) is 4.14. The number of hydrogen-bond acceptors (Lipinski definition) is 3. The number of nitrogens with zero attached hydrogens (tertiary/aromatic N) is 1. The first kappa shape index (κ1) is 14.7. The van der Waals surface area contributed by atoms with Crippen molar-refractivity contribution in [3.63, 3.8) is 0 Å². The van der Waals surface area contributed by atoms with Crippen LogP contribution in [-0.4, -0.2) is 17.1 Å². The summed E-state index contributed by atoms with van der Waals surface area (Å²) in [6.07, 6.45) is 6.54. The Labute approximate surface area is 120 Å². The molecule has 1 N–H and O–H groups in total. The summed E-state index contributed by atoms with van der Waals surface area (Å²) in [5, 5.41) is 0. The van der Waals surface area contributed by atoms with Crippen LogP contribution in [0.5, 0.6) is 0 Å². The fourth-order valence-electron chi connectivity index (χ4n) is 2.89. The molecule has 19 heavy (non-hydrogen) atoms. The van der Waals surface area contributed by atoms with Gasteiger partial charge in [-0.1, -0.05) is 32.5 Å². The van der Waals surface area contributed by atoms with Crippen LogP contribution in [0.1, 0.15) is 57.5 Å². The Balaban J connectivity index is 2.35. The molecule has 1 heterocycles. The van der Waals surface area contributed by atoms with E-state index in [4.69, 9.17) is 17.0 Å². The number of methoxy groups -OCH3 is 1. The van der Waals surface area contributed by atoms with Crippen LogP contribution in [0, 0.1) is 10.6 Å². The minimum Gasteiger partial charge on any atom is -0.370 e. The topological polar surface area (TPSA) is 37.9 Å². The van der Waals surface area contributed by atoms with Crippen molar-refractivity contribution in [2.24, 2.45) is 5.92 Å². The Kier molecular flexibility index (Phi) is 4.74. The third-order valence-electron chi connectivity index (χ3n) is 4.22. The second kappa shape index (κ2) is 6.14. The number of hydrogen-bond donors (Lipinski definition) is 1. The Morgan fingerprint density at radius 2 is 2.16 bits per heavy atom. The van der Waals surface area contributed by atoms with E-state index < -0.39 is 0 Å². The normalized spacial score (nSPS) is 27.4. The van der Waals surface area contributed by atoms with Crippen LogP contribution in [0.15, 0.2) is 6.07 Å². The fourth-order valence-corrected chi connectivity index (χ4v) is 3.13. The van der Waals surface area contributed by atoms with Gasteiger partial charge < -0.3 is 9.72 Å². The zero-order chi connectivity index (χ0) is 13.9. The highest BCUT2D eigenvalue weighted by Crippen LogP contribution is 2.40. The van der Waals surface area contributed by atoms with Crippen LogP contribution in [0.3, 0.4) is 0 Å². The molecule has 2 rings (SSSR count). The maximum atomic E-state index is 5.86. The molecule has 0 radical (unpaired) electrons. The highest BCUT2D eigenvalue weighted by atomic mass is 32.1. The highest BCUT2D eigenvalue weighted by Gasteiger charge is 2.38. The van der Waals surface area contributed by atoms with Crippen LogP contribution < -0.4 is 0 Å². The van der Waals surface area contributed by atoms with Crippen LogP contribution in [0.25, 0.3) is 0 Å². The molecule has 0 aromatic carbocycles. The van der Waals surface area contributed by atoms with Gasteiger partial charge in [0.1, 0.15) is 16.1 Å². The zero-order valence-corrected chi connectivity index (χ0v) is 13.0. The van der Waals surface area contributed by atoms with Crippen molar-refractivity contribution in [3.05, 3.63) is 22.2 Å². The predicted molar refractivity (Wildman–Crippen MR) is 79.7 cm³/mol. The van der Waals surface area contributed by atoms with Gasteiger partial charge >= 0.3 is 0 Å². The lowest BCUT2D eigenvalue weighted by atomic mass is 9.79. The van der Waals surface area contributed by atoms with Crippen molar-refractivity contribution in [1.29, 1.82) is 0 Å². The van der Waals surface area contributed by atoms with E-state index in [1.54, 1.807) is 7.11 Å². The number of nitrogens with one attached hydrogen (secondary N) is 1. The molecule has 0 atom stereocenters. The number of H-pyrrole nitrogens is 1. The van der Waals surface area contributed by atoms with E-state index in [9.17, 15) is 0 Å². The number of aryl methyl sites for hydroxylation is 1. The van der Waals surface area contributed by atoms with Gasteiger partial charge in [-0.15, -0.1) is 0 Å². The molecule has 106 valence electrons. The molecule has 0 saturated heterocycles. The minimum atomic E-state index is -0.260. The van der Waals surface area contributed by atoms with E-state index in [0.29, 0.717) is 4.64 Å². The average molecular weight is 280 g/mol. The van der Waals surface area contributed by atoms with Crippen LogP contribution >= 0.6 is 12.2 Å². The average Bonchev–Trinajstić information content (AvgIpc) is 2.40. The van der Waals surface area contributed by atoms with Gasteiger partial charge in [0, 0.05) is 12.8 Å². The van der Waals surface area contributed by atoms with Crippen LogP contribution in [0.2, 0.25) is 0 Å². The number of rotatable bonds is 4. The third-order valence-corrected chi connectivity index (χ3v) is 4.43. The van der Waals surface area contributed by atoms with Crippen molar-refractivity contribution >= 4 is 12.2 Å².